The highest BCUT2D eigenvalue weighted by atomic mass is 16.5. The van der Waals surface area contributed by atoms with Crippen molar-refractivity contribution in [3.05, 3.63) is 12.2 Å². The van der Waals surface area contributed by atoms with Crippen molar-refractivity contribution in [1.29, 1.82) is 0 Å². The molecule has 0 aromatic rings. The van der Waals surface area contributed by atoms with E-state index in [1.807, 2.05) is 12.2 Å². The highest BCUT2D eigenvalue weighted by Crippen LogP contribution is 2.28. The molecule has 162 valence electrons. The summed E-state index contributed by atoms with van der Waals surface area (Å²) in [7, 11) is 0. The van der Waals surface area contributed by atoms with Gasteiger partial charge in [-0.1, -0.05) is 78.4 Å². The molecule has 0 radical (unpaired) electrons. The molecular formula is C24H42O4. The summed E-state index contributed by atoms with van der Waals surface area (Å²) in [6.45, 7) is 9.50. The van der Waals surface area contributed by atoms with Gasteiger partial charge in [0, 0.05) is 0 Å². The van der Waals surface area contributed by atoms with Crippen molar-refractivity contribution >= 4 is 11.9 Å². The monoisotopic (exact) mass is 394 g/mol. The van der Waals surface area contributed by atoms with E-state index in [-0.39, 0.29) is 11.9 Å². The molecule has 4 nitrogen and oxygen atoms in total. The number of esters is 2. The Morgan fingerprint density at radius 3 is 1.54 bits per heavy atom. The molecule has 28 heavy (non-hydrogen) atoms. The Balaban J connectivity index is 2.43. The predicted octanol–water partition coefficient (Wildman–Crippen LogP) is 6.09. The Morgan fingerprint density at radius 1 is 0.786 bits per heavy atom. The third kappa shape index (κ3) is 9.75. The van der Waals surface area contributed by atoms with Gasteiger partial charge in [0.05, 0.1) is 25.0 Å². The van der Waals surface area contributed by atoms with Crippen LogP contribution in [0.1, 0.15) is 91.9 Å². The molecule has 0 saturated heterocycles. The van der Waals surface area contributed by atoms with Gasteiger partial charge in [-0.05, 0) is 37.5 Å². The highest BCUT2D eigenvalue weighted by molar-refractivity contribution is 5.82. The Morgan fingerprint density at radius 2 is 1.18 bits per heavy atom. The van der Waals surface area contributed by atoms with Crippen molar-refractivity contribution in [2.75, 3.05) is 13.2 Å². The number of carbonyl (C=O) groups excluding carboxylic acids is 2. The van der Waals surface area contributed by atoms with Gasteiger partial charge in [-0.2, -0.15) is 0 Å². The molecule has 0 N–H and O–H groups in total. The molecular weight excluding hydrogens is 352 g/mol. The second kappa shape index (κ2) is 14.6. The van der Waals surface area contributed by atoms with Gasteiger partial charge < -0.3 is 9.47 Å². The third-order valence-electron chi connectivity index (χ3n) is 5.66. The zero-order valence-corrected chi connectivity index (χ0v) is 18.6. The molecule has 4 atom stereocenters. The van der Waals surface area contributed by atoms with Crippen LogP contribution in [0.2, 0.25) is 0 Å². The Hall–Kier alpha value is -1.32. The summed E-state index contributed by atoms with van der Waals surface area (Å²) in [5.74, 6) is -0.575. The van der Waals surface area contributed by atoms with Crippen molar-refractivity contribution in [2.24, 2.45) is 23.7 Å². The minimum atomic E-state index is -0.407. The van der Waals surface area contributed by atoms with Crippen LogP contribution in [0.15, 0.2) is 12.2 Å². The van der Waals surface area contributed by atoms with E-state index in [1.165, 1.54) is 38.5 Å². The summed E-state index contributed by atoms with van der Waals surface area (Å²) in [5, 5.41) is 0. The van der Waals surface area contributed by atoms with Crippen LogP contribution < -0.4 is 0 Å². The number of allylic oxidation sites excluding steroid dienone is 2. The van der Waals surface area contributed by atoms with Gasteiger partial charge in [0.25, 0.3) is 0 Å². The van der Waals surface area contributed by atoms with E-state index in [0.717, 1.165) is 12.8 Å². The first-order valence-corrected chi connectivity index (χ1v) is 11.5. The zero-order chi connectivity index (χ0) is 20.8. The fraction of sp³-hybridized carbons (Fsp3) is 0.833. The number of unbranched alkanes of at least 4 members (excludes halogenated alkanes) is 4. The van der Waals surface area contributed by atoms with E-state index in [1.54, 1.807) is 0 Å². The van der Waals surface area contributed by atoms with Crippen LogP contribution in [-0.2, 0) is 19.1 Å². The maximum atomic E-state index is 12.6. The van der Waals surface area contributed by atoms with Gasteiger partial charge in [-0.25, -0.2) is 0 Å². The smallest absolute Gasteiger partial charge is 0.310 e. The van der Waals surface area contributed by atoms with Crippen LogP contribution in [0.25, 0.3) is 0 Å². The van der Waals surface area contributed by atoms with E-state index < -0.39 is 11.8 Å². The molecule has 0 heterocycles. The quantitative estimate of drug-likeness (QED) is 0.203. The van der Waals surface area contributed by atoms with Crippen LogP contribution in [0.4, 0.5) is 0 Å². The van der Waals surface area contributed by atoms with E-state index in [4.69, 9.17) is 9.47 Å². The molecule has 0 amide bonds. The maximum absolute atomic E-state index is 12.6. The fourth-order valence-electron chi connectivity index (χ4n) is 3.65. The number of ether oxygens (including phenoxy) is 2. The topological polar surface area (TPSA) is 52.6 Å². The van der Waals surface area contributed by atoms with Gasteiger partial charge in [0.15, 0.2) is 0 Å². The lowest BCUT2D eigenvalue weighted by atomic mass is 9.83. The van der Waals surface area contributed by atoms with Gasteiger partial charge in [0.2, 0.25) is 0 Å². The molecule has 0 aromatic carbocycles. The average Bonchev–Trinajstić information content (AvgIpc) is 2.70. The first-order chi connectivity index (χ1) is 13.5. The molecule has 0 aliphatic heterocycles. The highest BCUT2D eigenvalue weighted by Gasteiger charge is 2.36. The molecule has 1 rings (SSSR count). The minimum Gasteiger partial charge on any atom is -0.465 e. The summed E-state index contributed by atoms with van der Waals surface area (Å²) in [6.07, 6.45) is 14.4. The van der Waals surface area contributed by atoms with Crippen LogP contribution in [0, 0.1) is 23.7 Å². The molecule has 0 spiro atoms. The first kappa shape index (κ1) is 24.7. The van der Waals surface area contributed by atoms with Crippen LogP contribution in [0.3, 0.4) is 0 Å². The summed E-state index contributed by atoms with van der Waals surface area (Å²) in [4.78, 5) is 25.2. The van der Waals surface area contributed by atoms with Crippen molar-refractivity contribution < 1.29 is 19.1 Å². The standard InChI is InChI=1S/C24H42O4/c1-5-7-9-13-19(3)17-27-23(25)21-15-11-12-16-22(21)24(26)28-18-20(4)14-10-8-6-2/h11-12,19-22H,5-10,13-18H2,1-4H3. The molecule has 0 saturated carbocycles. The fourth-order valence-corrected chi connectivity index (χ4v) is 3.65. The summed E-state index contributed by atoms with van der Waals surface area (Å²) in [6, 6.07) is 0. The number of hydrogen-bond acceptors (Lipinski definition) is 4. The van der Waals surface area contributed by atoms with Gasteiger partial charge in [-0.3, -0.25) is 9.59 Å². The van der Waals surface area contributed by atoms with Gasteiger partial charge in [0.1, 0.15) is 0 Å². The lowest BCUT2D eigenvalue weighted by Gasteiger charge is -2.26. The predicted molar refractivity (Wildman–Crippen MR) is 114 cm³/mol. The van der Waals surface area contributed by atoms with Crippen molar-refractivity contribution in [1.82, 2.24) is 0 Å². The lowest BCUT2D eigenvalue weighted by Crippen LogP contribution is -2.34. The van der Waals surface area contributed by atoms with E-state index in [9.17, 15) is 9.59 Å². The van der Waals surface area contributed by atoms with Crippen LogP contribution >= 0.6 is 0 Å². The van der Waals surface area contributed by atoms with Crippen LogP contribution in [0.5, 0.6) is 0 Å². The average molecular weight is 395 g/mol. The largest absolute Gasteiger partial charge is 0.465 e. The molecule has 0 fully saturated rings. The van der Waals surface area contributed by atoms with Gasteiger partial charge >= 0.3 is 11.9 Å². The molecule has 1 aliphatic rings. The van der Waals surface area contributed by atoms with E-state index >= 15 is 0 Å². The first-order valence-electron chi connectivity index (χ1n) is 11.5. The van der Waals surface area contributed by atoms with Crippen molar-refractivity contribution in [2.45, 2.75) is 91.9 Å². The van der Waals surface area contributed by atoms with Gasteiger partial charge in [-0.15, -0.1) is 0 Å². The lowest BCUT2D eigenvalue weighted by molar-refractivity contribution is -0.162. The normalized spacial score (nSPS) is 21.1. The molecule has 4 heteroatoms. The second-order valence-electron chi connectivity index (χ2n) is 8.62. The Bertz CT molecular complexity index is 429. The Kier molecular flexibility index (Phi) is 12.9. The molecule has 0 aromatic heterocycles. The SMILES string of the molecule is CCCCCC(C)COC(=O)C1CC=CCC1C(=O)OCC(C)CCCCC. The minimum absolute atomic E-state index is 0.246. The summed E-state index contributed by atoms with van der Waals surface area (Å²) < 4.78 is 11.1. The molecule has 0 bridgehead atoms. The zero-order valence-electron chi connectivity index (χ0n) is 18.6. The van der Waals surface area contributed by atoms with Crippen LogP contribution in [-0.4, -0.2) is 25.2 Å². The number of carbonyl (C=O) groups is 2. The maximum Gasteiger partial charge on any atom is 0.310 e. The summed E-state index contributed by atoms with van der Waals surface area (Å²) >= 11 is 0. The van der Waals surface area contributed by atoms with Crippen molar-refractivity contribution in [3.63, 3.8) is 0 Å². The second-order valence-corrected chi connectivity index (χ2v) is 8.62. The van der Waals surface area contributed by atoms with Crippen molar-refractivity contribution in [3.8, 4) is 0 Å². The number of rotatable bonds is 14. The van der Waals surface area contributed by atoms with E-state index in [2.05, 4.69) is 27.7 Å². The number of hydrogen-bond donors (Lipinski definition) is 0. The Labute approximate surface area is 172 Å². The molecule has 1 aliphatic carbocycles. The van der Waals surface area contributed by atoms with E-state index in [0.29, 0.717) is 37.9 Å². The third-order valence-corrected chi connectivity index (χ3v) is 5.66. The summed E-state index contributed by atoms with van der Waals surface area (Å²) in [5.41, 5.74) is 0. The molecule has 4 unspecified atom stereocenters.